The van der Waals surface area contributed by atoms with E-state index in [1.807, 2.05) is 35.2 Å². The Morgan fingerprint density at radius 3 is 2.57 bits per heavy atom. The number of benzene rings is 1. The molecular weight excluding hydrogens is 288 g/mol. The van der Waals surface area contributed by atoms with Crippen LogP contribution >= 0.6 is 0 Å². The van der Waals surface area contributed by atoms with Crippen LogP contribution in [0.15, 0.2) is 49.1 Å². The summed E-state index contributed by atoms with van der Waals surface area (Å²) in [5.74, 6) is -0.0456. The van der Waals surface area contributed by atoms with Gasteiger partial charge >= 0.3 is 0 Å². The molecule has 4 nitrogen and oxygen atoms in total. The fourth-order valence-electron chi connectivity index (χ4n) is 3.45. The maximum absolute atomic E-state index is 12.6. The molecule has 1 spiro atoms. The van der Waals surface area contributed by atoms with Gasteiger partial charge in [0.2, 0.25) is 6.41 Å². The molecule has 1 N–H and O–H groups in total. The minimum Gasteiger partial charge on any atom is -0.349 e. The Hall–Kier alpha value is -2.36. The van der Waals surface area contributed by atoms with Gasteiger partial charge in [0.25, 0.3) is 5.91 Å². The highest BCUT2D eigenvalue weighted by molar-refractivity contribution is 6.20. The van der Waals surface area contributed by atoms with Gasteiger partial charge in [-0.1, -0.05) is 43.0 Å². The van der Waals surface area contributed by atoms with E-state index in [1.165, 1.54) is 0 Å². The van der Waals surface area contributed by atoms with Gasteiger partial charge in [0.1, 0.15) is 0 Å². The van der Waals surface area contributed by atoms with Gasteiger partial charge in [0.15, 0.2) is 0 Å². The lowest BCUT2D eigenvalue weighted by Gasteiger charge is -2.30. The molecule has 2 amide bonds. The maximum atomic E-state index is 12.6. The van der Waals surface area contributed by atoms with Gasteiger partial charge in [-0.2, -0.15) is 0 Å². The summed E-state index contributed by atoms with van der Waals surface area (Å²) in [6.45, 7) is 5.30. The summed E-state index contributed by atoms with van der Waals surface area (Å²) < 4.78 is 0. The molecule has 1 saturated heterocycles. The van der Waals surface area contributed by atoms with Crippen LogP contribution in [0.3, 0.4) is 0 Å². The van der Waals surface area contributed by atoms with Crippen LogP contribution < -0.4 is 5.32 Å². The summed E-state index contributed by atoms with van der Waals surface area (Å²) >= 11 is 0. The minimum absolute atomic E-state index is 0.0456. The van der Waals surface area contributed by atoms with Crippen molar-refractivity contribution >= 4 is 17.9 Å². The monoisotopic (exact) mass is 310 g/mol. The number of hydrogen-bond donors (Lipinski definition) is 1. The topological polar surface area (TPSA) is 49.4 Å². The molecule has 1 saturated carbocycles. The number of rotatable bonds is 5. The van der Waals surface area contributed by atoms with Crippen LogP contribution in [0.1, 0.15) is 24.8 Å². The van der Waals surface area contributed by atoms with Crippen molar-refractivity contribution < 1.29 is 9.59 Å². The molecule has 3 rings (SSSR count). The van der Waals surface area contributed by atoms with Crippen molar-refractivity contribution in [1.82, 2.24) is 10.2 Å². The van der Waals surface area contributed by atoms with E-state index in [0.717, 1.165) is 44.3 Å². The van der Waals surface area contributed by atoms with Crippen LogP contribution in [0.5, 0.6) is 0 Å². The number of nitrogens with one attached hydrogen (secondary N) is 1. The summed E-state index contributed by atoms with van der Waals surface area (Å²) in [4.78, 5) is 25.3. The predicted octanol–water partition coefficient (Wildman–Crippen LogP) is 2.38. The van der Waals surface area contributed by atoms with E-state index in [1.54, 1.807) is 12.2 Å². The Bertz CT molecular complexity index is 628. The Labute approximate surface area is 136 Å². The first-order valence-electron chi connectivity index (χ1n) is 8.07. The molecule has 2 aliphatic rings. The Morgan fingerprint density at radius 1 is 1.26 bits per heavy atom. The summed E-state index contributed by atoms with van der Waals surface area (Å²) in [5.41, 5.74) is 1.74. The van der Waals surface area contributed by atoms with Crippen molar-refractivity contribution in [3.05, 3.63) is 54.6 Å². The van der Waals surface area contributed by atoms with Crippen LogP contribution in [0.25, 0.3) is 5.57 Å². The number of carbonyl (C=O) groups is 2. The van der Waals surface area contributed by atoms with E-state index in [2.05, 4.69) is 11.9 Å². The van der Waals surface area contributed by atoms with Gasteiger partial charge in [0, 0.05) is 24.7 Å². The third-order valence-electron chi connectivity index (χ3n) is 5.05. The number of hydrogen-bond acceptors (Lipinski definition) is 2. The smallest absolute Gasteiger partial charge is 0.252 e. The highest BCUT2D eigenvalue weighted by atomic mass is 16.2. The van der Waals surface area contributed by atoms with E-state index >= 15 is 0 Å². The molecule has 23 heavy (non-hydrogen) atoms. The number of nitrogens with zero attached hydrogens (tertiary/aromatic N) is 1. The first-order chi connectivity index (χ1) is 11.2. The first kappa shape index (κ1) is 15.5. The largest absolute Gasteiger partial charge is 0.349 e. The van der Waals surface area contributed by atoms with Crippen molar-refractivity contribution in [2.24, 2.45) is 5.41 Å². The van der Waals surface area contributed by atoms with E-state index < -0.39 is 0 Å². The van der Waals surface area contributed by atoms with Gasteiger partial charge in [0.05, 0.1) is 0 Å². The van der Waals surface area contributed by atoms with Gasteiger partial charge < -0.3 is 10.2 Å². The highest BCUT2D eigenvalue weighted by Crippen LogP contribution is 2.53. The van der Waals surface area contributed by atoms with Crippen molar-refractivity contribution in [3.8, 4) is 0 Å². The average Bonchev–Trinajstić information content (AvgIpc) is 3.25. The van der Waals surface area contributed by atoms with E-state index in [-0.39, 0.29) is 17.4 Å². The number of carbonyl (C=O) groups excluding carboxylic acids is 2. The molecule has 1 aromatic rings. The molecule has 0 radical (unpaired) electrons. The highest BCUT2D eigenvalue weighted by Gasteiger charge is 2.55. The van der Waals surface area contributed by atoms with Gasteiger partial charge in [-0.3, -0.25) is 9.59 Å². The zero-order valence-electron chi connectivity index (χ0n) is 13.2. The third-order valence-corrected chi connectivity index (χ3v) is 5.05. The Kier molecular flexibility index (Phi) is 4.33. The lowest BCUT2D eigenvalue weighted by Crippen LogP contribution is -2.38. The third kappa shape index (κ3) is 3.21. The van der Waals surface area contributed by atoms with Crippen LogP contribution in [0.2, 0.25) is 0 Å². The molecule has 4 heteroatoms. The summed E-state index contributed by atoms with van der Waals surface area (Å²) in [5, 5.41) is 3.17. The second kappa shape index (κ2) is 6.41. The average molecular weight is 310 g/mol. The van der Waals surface area contributed by atoms with Crippen LogP contribution in [-0.4, -0.2) is 36.3 Å². The van der Waals surface area contributed by atoms with Gasteiger partial charge in [-0.15, -0.1) is 0 Å². The molecule has 120 valence electrons. The first-order valence-corrected chi connectivity index (χ1v) is 8.07. The summed E-state index contributed by atoms with van der Waals surface area (Å²) in [7, 11) is 0. The number of amides is 2. The fraction of sp³-hybridized carbons (Fsp3) is 0.368. The summed E-state index contributed by atoms with van der Waals surface area (Å²) in [6, 6.07) is 9.87. The zero-order valence-corrected chi connectivity index (χ0v) is 13.2. The van der Waals surface area contributed by atoms with Gasteiger partial charge in [-0.05, 0) is 36.3 Å². The molecule has 1 aliphatic heterocycles. The van der Waals surface area contributed by atoms with Gasteiger partial charge in [-0.25, -0.2) is 0 Å². The Balaban J connectivity index is 1.64. The van der Waals surface area contributed by atoms with Crippen molar-refractivity contribution in [2.45, 2.75) is 25.3 Å². The summed E-state index contributed by atoms with van der Waals surface area (Å²) in [6.07, 6.45) is 7.29. The Morgan fingerprint density at radius 2 is 1.96 bits per heavy atom. The lowest BCUT2D eigenvalue weighted by atomic mass is 9.93. The second-order valence-electron chi connectivity index (χ2n) is 6.42. The molecule has 1 aromatic carbocycles. The quantitative estimate of drug-likeness (QED) is 0.516. The lowest BCUT2D eigenvalue weighted by molar-refractivity contribution is -0.120. The molecule has 2 fully saturated rings. The van der Waals surface area contributed by atoms with Crippen molar-refractivity contribution in [1.29, 1.82) is 0 Å². The van der Waals surface area contributed by atoms with Crippen molar-refractivity contribution in [2.75, 3.05) is 13.1 Å². The van der Waals surface area contributed by atoms with Crippen LogP contribution in [0, 0.1) is 5.41 Å². The molecule has 0 bridgehead atoms. The molecule has 1 aliphatic carbocycles. The molecule has 1 atom stereocenters. The molecule has 0 aromatic heterocycles. The SMILES string of the molecule is C=C/C=C(/C(=O)NC1CC12CCN(C=O)CC2)c1ccccc1. The molecular formula is C19H22N2O2. The maximum Gasteiger partial charge on any atom is 0.252 e. The minimum atomic E-state index is -0.0456. The fourth-order valence-corrected chi connectivity index (χ4v) is 3.45. The van der Waals surface area contributed by atoms with Crippen LogP contribution in [0.4, 0.5) is 0 Å². The van der Waals surface area contributed by atoms with Crippen LogP contribution in [-0.2, 0) is 9.59 Å². The van der Waals surface area contributed by atoms with Crippen molar-refractivity contribution in [3.63, 3.8) is 0 Å². The molecule has 1 unspecified atom stereocenters. The standard InChI is InChI=1S/C19H22N2O2/c1-2-6-16(15-7-4-3-5-8-15)18(23)20-17-13-19(17)9-11-21(14-22)12-10-19/h2-8,14,17H,1,9-13H2,(H,20,23)/b16-6+. The predicted molar refractivity (Wildman–Crippen MR) is 90.5 cm³/mol. The van der Waals surface area contributed by atoms with E-state index in [0.29, 0.717) is 5.57 Å². The van der Waals surface area contributed by atoms with E-state index in [9.17, 15) is 9.59 Å². The molecule has 1 heterocycles. The normalized spacial score (nSPS) is 22.5. The number of piperidine rings is 1. The zero-order chi connectivity index (χ0) is 16.3. The number of allylic oxidation sites excluding steroid dienone is 2. The van der Waals surface area contributed by atoms with E-state index in [4.69, 9.17) is 0 Å². The second-order valence-corrected chi connectivity index (χ2v) is 6.42. The number of likely N-dealkylation sites (tertiary alicyclic amines) is 1.